The van der Waals surface area contributed by atoms with Gasteiger partial charge in [-0.2, -0.15) is 0 Å². The lowest BCUT2D eigenvalue weighted by molar-refractivity contribution is 0.427. The van der Waals surface area contributed by atoms with Crippen LogP contribution < -0.4 is 16.4 Å². The molecule has 1 aliphatic rings. The minimum Gasteiger partial charge on any atom is -0.375 e. The molecule has 1 aliphatic heterocycles. The zero-order chi connectivity index (χ0) is 37.7. The van der Waals surface area contributed by atoms with E-state index in [-0.39, 0.29) is 5.54 Å². The van der Waals surface area contributed by atoms with Crippen LogP contribution in [0, 0.1) is 12.8 Å². The highest BCUT2D eigenvalue weighted by molar-refractivity contribution is 7.80. The van der Waals surface area contributed by atoms with Crippen molar-refractivity contribution >= 4 is 17.1 Å². The largest absolute Gasteiger partial charge is 0.375 e. The molecule has 1 fully saturated rings. The van der Waals surface area contributed by atoms with Gasteiger partial charge in [0.25, 0.3) is 0 Å². The van der Waals surface area contributed by atoms with Crippen molar-refractivity contribution in [1.29, 1.82) is 0 Å². The summed E-state index contributed by atoms with van der Waals surface area (Å²) in [5.41, 5.74) is 12.8. The van der Waals surface area contributed by atoms with Gasteiger partial charge in [-0.1, -0.05) is 178 Å². The number of rotatable bonds is 12. The molecule has 3 aromatic carbocycles. The number of hydrogen-bond acceptors (Lipinski definition) is 4. The molecule has 4 N–H and O–H groups in total. The summed E-state index contributed by atoms with van der Waals surface area (Å²) in [6.45, 7) is 30.3. The molecular formula is C45H73N3S. The van der Waals surface area contributed by atoms with E-state index in [2.05, 4.69) is 137 Å². The van der Waals surface area contributed by atoms with Gasteiger partial charge in [-0.15, -0.1) is 6.58 Å². The van der Waals surface area contributed by atoms with Crippen molar-refractivity contribution < 1.29 is 0 Å². The Hall–Kier alpha value is -3.05. The quantitative estimate of drug-likeness (QED) is 0.101. The van der Waals surface area contributed by atoms with Crippen LogP contribution in [0.15, 0.2) is 97.7 Å². The Morgan fingerprint density at radius 2 is 1.51 bits per heavy atom. The van der Waals surface area contributed by atoms with Crippen LogP contribution in [0.5, 0.6) is 0 Å². The molecule has 0 amide bonds. The second-order valence-electron chi connectivity index (χ2n) is 11.9. The molecule has 1 saturated heterocycles. The molecular weight excluding hydrogens is 615 g/mol. The predicted octanol–water partition coefficient (Wildman–Crippen LogP) is 12.5. The summed E-state index contributed by atoms with van der Waals surface area (Å²) in [5, 5.41) is 7.14. The predicted molar refractivity (Wildman–Crippen MR) is 228 cm³/mol. The fourth-order valence-electron chi connectivity index (χ4n) is 5.65. The van der Waals surface area contributed by atoms with E-state index in [0.717, 1.165) is 42.4 Å². The Kier molecular flexibility index (Phi) is 29.3. The van der Waals surface area contributed by atoms with Gasteiger partial charge in [0.2, 0.25) is 0 Å². The van der Waals surface area contributed by atoms with Gasteiger partial charge in [-0.3, -0.25) is 0 Å². The zero-order valence-corrected chi connectivity index (χ0v) is 34.2. The lowest BCUT2D eigenvalue weighted by Gasteiger charge is -2.27. The van der Waals surface area contributed by atoms with Crippen LogP contribution in [0.3, 0.4) is 0 Å². The maximum atomic E-state index is 5.70. The first-order valence-corrected chi connectivity index (χ1v) is 19.2. The van der Waals surface area contributed by atoms with Gasteiger partial charge in [-0.25, -0.2) is 0 Å². The normalized spacial score (nSPS) is 14.1. The van der Waals surface area contributed by atoms with E-state index in [4.69, 9.17) is 12.2 Å². The topological polar surface area (TPSA) is 50.1 Å². The average molecular weight is 688 g/mol. The molecule has 1 unspecified atom stereocenters. The third kappa shape index (κ3) is 18.0. The third-order valence-electron chi connectivity index (χ3n) is 8.09. The van der Waals surface area contributed by atoms with E-state index in [1.807, 2.05) is 34.6 Å². The number of hydrogen-bond donors (Lipinski definition) is 3. The van der Waals surface area contributed by atoms with Crippen molar-refractivity contribution in [3.05, 3.63) is 120 Å². The van der Waals surface area contributed by atoms with Crippen LogP contribution in [-0.2, 0) is 18.5 Å². The van der Waals surface area contributed by atoms with Gasteiger partial charge >= 0.3 is 0 Å². The van der Waals surface area contributed by atoms with E-state index >= 15 is 0 Å². The van der Waals surface area contributed by atoms with Gasteiger partial charge in [-0.05, 0) is 80.6 Å². The number of thiocarbonyl (C=S) groups is 1. The molecule has 3 aromatic rings. The summed E-state index contributed by atoms with van der Waals surface area (Å²) < 4.78 is 0. The molecule has 0 aromatic heterocycles. The minimum atomic E-state index is -0.333. The Balaban J connectivity index is 0. The lowest BCUT2D eigenvalue weighted by Crippen LogP contribution is -2.37. The van der Waals surface area contributed by atoms with Crippen molar-refractivity contribution in [3.63, 3.8) is 0 Å². The number of allylic oxidation sites excluding steroid dienone is 2. The summed E-state index contributed by atoms with van der Waals surface area (Å²) >= 11 is 5.70. The number of benzene rings is 3. The highest BCUT2D eigenvalue weighted by Crippen LogP contribution is 2.35. The SMILES string of the molecule is C=C1CC(=S)C(C)(c2cccc(-c3cc(C)ccc3CNCCc3ccccc3)c2)N1.C=CC.CC.CC.CCCC(CC)CCC.CN. The van der Waals surface area contributed by atoms with Crippen molar-refractivity contribution in [2.75, 3.05) is 13.6 Å². The molecule has 0 bridgehead atoms. The zero-order valence-electron chi connectivity index (χ0n) is 33.3. The van der Waals surface area contributed by atoms with Crippen LogP contribution in [0.2, 0.25) is 0 Å². The summed E-state index contributed by atoms with van der Waals surface area (Å²) in [6, 6.07) is 26.1. The fraction of sp³-hybridized carbons (Fsp3) is 0.489. The second kappa shape index (κ2) is 29.8. The van der Waals surface area contributed by atoms with Gasteiger partial charge in [0.05, 0.1) is 5.54 Å². The number of nitrogens with one attached hydrogen (secondary N) is 2. The van der Waals surface area contributed by atoms with Crippen molar-refractivity contribution in [2.45, 2.75) is 126 Å². The van der Waals surface area contributed by atoms with Gasteiger partial charge < -0.3 is 16.4 Å². The first kappa shape index (κ1) is 48.1. The number of nitrogens with two attached hydrogens (primary N) is 1. The van der Waals surface area contributed by atoms with E-state index in [9.17, 15) is 0 Å². The molecule has 1 heterocycles. The maximum absolute atomic E-state index is 5.70. The Bertz CT molecular complexity index is 1280. The van der Waals surface area contributed by atoms with Crippen LogP contribution in [0.1, 0.15) is 123 Å². The van der Waals surface area contributed by atoms with Crippen LogP contribution in [0.4, 0.5) is 0 Å². The van der Waals surface area contributed by atoms with Gasteiger partial charge in [0.15, 0.2) is 0 Å². The van der Waals surface area contributed by atoms with E-state index in [0.29, 0.717) is 0 Å². The molecule has 0 saturated carbocycles. The molecule has 0 radical (unpaired) electrons. The van der Waals surface area contributed by atoms with Crippen LogP contribution in [-0.4, -0.2) is 18.5 Å². The molecule has 4 heteroatoms. The Morgan fingerprint density at radius 1 is 0.918 bits per heavy atom. The third-order valence-corrected chi connectivity index (χ3v) is 8.65. The van der Waals surface area contributed by atoms with Crippen molar-refractivity contribution in [2.24, 2.45) is 11.7 Å². The van der Waals surface area contributed by atoms with Crippen molar-refractivity contribution in [3.8, 4) is 11.1 Å². The summed E-state index contributed by atoms with van der Waals surface area (Å²) in [6.07, 6.45) is 10.5. The molecule has 3 nitrogen and oxygen atoms in total. The maximum Gasteiger partial charge on any atom is 0.0915 e. The highest BCUT2D eigenvalue weighted by Gasteiger charge is 2.37. The van der Waals surface area contributed by atoms with E-state index in [1.54, 1.807) is 6.08 Å². The Labute approximate surface area is 309 Å². The molecule has 0 spiro atoms. The Morgan fingerprint density at radius 3 is 2.02 bits per heavy atom. The molecule has 0 aliphatic carbocycles. The van der Waals surface area contributed by atoms with Crippen LogP contribution >= 0.6 is 12.2 Å². The molecule has 49 heavy (non-hydrogen) atoms. The minimum absolute atomic E-state index is 0.333. The summed E-state index contributed by atoms with van der Waals surface area (Å²) in [5.74, 6) is 1.01. The molecule has 1 atom stereocenters. The smallest absolute Gasteiger partial charge is 0.0915 e. The highest BCUT2D eigenvalue weighted by atomic mass is 32.1. The lowest BCUT2D eigenvalue weighted by atomic mass is 9.87. The second-order valence-corrected chi connectivity index (χ2v) is 12.4. The standard InChI is InChI=1S/C28H30N2S.C9H20.C3H6.2C2H6.CH5N/c1-20-12-13-24(19-29-15-14-22-8-5-4-6-9-22)26(16-20)23-10-7-11-25(18-23)28(3)27(31)17-21(2)30-28;1-4-7-9(6-3)8-5-2;1-3-2;3*1-2/h4-13,16,18,29-30H,2,14-15,17,19H2,1,3H3;9H,4-8H2,1-3H3;3H,1H2,2H3;2*1-2H3;2H2,1H3. The van der Waals surface area contributed by atoms with E-state index in [1.165, 1.54) is 72.5 Å². The summed E-state index contributed by atoms with van der Waals surface area (Å²) in [4.78, 5) is 1.00. The van der Waals surface area contributed by atoms with Crippen LogP contribution in [0.25, 0.3) is 11.1 Å². The first-order chi connectivity index (χ1) is 23.7. The molecule has 274 valence electrons. The van der Waals surface area contributed by atoms with Gasteiger partial charge in [0, 0.05) is 23.5 Å². The first-order valence-electron chi connectivity index (χ1n) is 18.8. The number of aryl methyl sites for hydroxylation is 1. The van der Waals surface area contributed by atoms with Crippen molar-refractivity contribution in [1.82, 2.24) is 10.6 Å². The van der Waals surface area contributed by atoms with E-state index < -0.39 is 0 Å². The van der Waals surface area contributed by atoms with Gasteiger partial charge in [0.1, 0.15) is 0 Å². The molecule has 4 rings (SSSR count). The summed E-state index contributed by atoms with van der Waals surface area (Å²) in [7, 11) is 1.50. The average Bonchev–Trinajstić information content (AvgIpc) is 3.41. The monoisotopic (exact) mass is 688 g/mol. The fourth-order valence-corrected chi connectivity index (χ4v) is 5.99.